The minimum absolute atomic E-state index is 0.00821. The second-order valence-corrected chi connectivity index (χ2v) is 15.9. The number of carbonyl (C=O) groups excluding carboxylic acids is 4. The number of rotatable bonds is 3. The zero-order chi connectivity index (χ0) is 33.1. The molecule has 1 saturated carbocycles. The van der Waals surface area contributed by atoms with Gasteiger partial charge in [-0.05, 0) is 76.2 Å². The molecule has 260 valence electrons. The van der Waals surface area contributed by atoms with Crippen LogP contribution in [0.15, 0.2) is 0 Å². The van der Waals surface area contributed by atoms with Gasteiger partial charge in [0, 0.05) is 70.5 Å². The lowest BCUT2D eigenvalue weighted by Crippen LogP contribution is -2.61. The van der Waals surface area contributed by atoms with Gasteiger partial charge in [0.15, 0.2) is 0 Å². The molecule has 46 heavy (non-hydrogen) atoms. The zero-order valence-electron chi connectivity index (χ0n) is 28.2. The molecule has 2 bridgehead atoms. The number of alkyl halides is 2. The normalized spacial score (nSPS) is 29.4. The van der Waals surface area contributed by atoms with Crippen LogP contribution in [0.4, 0.5) is 8.78 Å². The molecule has 0 unspecified atom stereocenters. The summed E-state index contributed by atoms with van der Waals surface area (Å²) in [5, 5.41) is 9.81. The standard InChI is InChI=1S/C34H56F2N6O4/c1-32(2,3)23-29(44)40-20-14-33(15-21-40)22-28(43)37-16-4-6-26(38-24-8-12-34(35,36)13-9-24)31(46)41-18-10-25(11-19-41)42-17-5-7-27(42)30(45)39-33/h24-27,38H,4-23H2,1-3H3,(H,37,43)(H,39,45)/t26-,27-/m0/s1. The summed E-state index contributed by atoms with van der Waals surface area (Å²) in [6.45, 7) is 9.56. The Hall–Kier alpha value is -2.34. The van der Waals surface area contributed by atoms with Crippen LogP contribution in [0, 0.1) is 5.41 Å². The van der Waals surface area contributed by atoms with Crippen LogP contribution in [0.25, 0.3) is 0 Å². The van der Waals surface area contributed by atoms with Crippen LogP contribution in [-0.2, 0) is 19.2 Å². The van der Waals surface area contributed by atoms with Gasteiger partial charge < -0.3 is 25.8 Å². The Bertz CT molecular complexity index is 1100. The van der Waals surface area contributed by atoms with Crippen LogP contribution in [0.2, 0.25) is 0 Å². The smallest absolute Gasteiger partial charge is 0.248 e. The molecular formula is C34H56F2N6O4. The molecule has 1 spiro atoms. The fraction of sp³-hybridized carbons (Fsp3) is 0.882. The van der Waals surface area contributed by atoms with E-state index in [9.17, 15) is 28.0 Å². The van der Waals surface area contributed by atoms with Crippen molar-refractivity contribution < 1.29 is 28.0 Å². The molecule has 5 heterocycles. The molecule has 6 rings (SSSR count). The van der Waals surface area contributed by atoms with E-state index in [-0.39, 0.29) is 66.4 Å². The molecular weight excluding hydrogens is 594 g/mol. The van der Waals surface area contributed by atoms with E-state index in [1.807, 2.05) is 30.6 Å². The maximum absolute atomic E-state index is 13.9. The number of likely N-dealkylation sites (tertiary alicyclic amines) is 1. The molecule has 4 amide bonds. The largest absolute Gasteiger partial charge is 0.356 e. The lowest BCUT2D eigenvalue weighted by atomic mass is 9.82. The average molecular weight is 651 g/mol. The van der Waals surface area contributed by atoms with E-state index >= 15 is 0 Å². The predicted molar refractivity (Wildman–Crippen MR) is 171 cm³/mol. The van der Waals surface area contributed by atoms with Crippen molar-refractivity contribution in [2.75, 3.05) is 39.3 Å². The summed E-state index contributed by atoms with van der Waals surface area (Å²) in [5.41, 5.74) is -0.845. The molecule has 6 fully saturated rings. The van der Waals surface area contributed by atoms with Gasteiger partial charge in [-0.3, -0.25) is 24.1 Å². The molecule has 10 nitrogen and oxygen atoms in total. The van der Waals surface area contributed by atoms with E-state index < -0.39 is 17.5 Å². The Morgan fingerprint density at radius 3 is 2.22 bits per heavy atom. The fourth-order valence-corrected chi connectivity index (χ4v) is 8.26. The van der Waals surface area contributed by atoms with Crippen LogP contribution in [0.1, 0.15) is 111 Å². The van der Waals surface area contributed by atoms with Gasteiger partial charge in [-0.15, -0.1) is 0 Å². The van der Waals surface area contributed by atoms with E-state index in [1.165, 1.54) is 0 Å². The first-order valence-corrected chi connectivity index (χ1v) is 17.8. The molecule has 5 aliphatic heterocycles. The van der Waals surface area contributed by atoms with E-state index in [4.69, 9.17) is 0 Å². The van der Waals surface area contributed by atoms with E-state index in [0.717, 1.165) is 32.2 Å². The van der Waals surface area contributed by atoms with E-state index in [0.29, 0.717) is 77.7 Å². The van der Waals surface area contributed by atoms with Gasteiger partial charge in [0.2, 0.25) is 29.6 Å². The highest BCUT2D eigenvalue weighted by Crippen LogP contribution is 2.34. The first kappa shape index (κ1) is 35.0. The molecule has 0 aromatic carbocycles. The summed E-state index contributed by atoms with van der Waals surface area (Å²) < 4.78 is 27.7. The van der Waals surface area contributed by atoms with Crippen molar-refractivity contribution in [3.8, 4) is 0 Å². The molecule has 5 saturated heterocycles. The number of nitrogens with zero attached hydrogens (tertiary/aromatic N) is 3. The molecule has 12 heteroatoms. The molecule has 0 radical (unpaired) electrons. The van der Waals surface area contributed by atoms with Gasteiger partial charge in [0.05, 0.1) is 17.6 Å². The number of hydrogen-bond acceptors (Lipinski definition) is 6. The van der Waals surface area contributed by atoms with Crippen molar-refractivity contribution in [1.29, 1.82) is 0 Å². The summed E-state index contributed by atoms with van der Waals surface area (Å²) >= 11 is 0. The summed E-state index contributed by atoms with van der Waals surface area (Å²) in [4.78, 5) is 60.1. The Balaban J connectivity index is 1.30. The van der Waals surface area contributed by atoms with Gasteiger partial charge >= 0.3 is 0 Å². The second kappa shape index (κ2) is 14.4. The number of hydrogen-bond donors (Lipinski definition) is 3. The Labute approximate surface area is 273 Å². The van der Waals surface area contributed by atoms with Crippen molar-refractivity contribution in [1.82, 2.24) is 30.7 Å². The molecule has 0 aromatic heterocycles. The summed E-state index contributed by atoms with van der Waals surface area (Å²) in [6, 6.07) is -0.688. The molecule has 2 atom stereocenters. The third-order valence-corrected chi connectivity index (χ3v) is 10.9. The lowest BCUT2D eigenvalue weighted by molar-refractivity contribution is -0.138. The first-order chi connectivity index (χ1) is 21.7. The third kappa shape index (κ3) is 8.96. The van der Waals surface area contributed by atoms with Gasteiger partial charge in [-0.1, -0.05) is 20.8 Å². The average Bonchev–Trinajstić information content (AvgIpc) is 3.49. The van der Waals surface area contributed by atoms with Gasteiger partial charge in [0.25, 0.3) is 0 Å². The highest BCUT2D eigenvalue weighted by atomic mass is 19.3. The van der Waals surface area contributed by atoms with Crippen LogP contribution in [0.5, 0.6) is 0 Å². The second-order valence-electron chi connectivity index (χ2n) is 15.9. The Morgan fingerprint density at radius 2 is 1.57 bits per heavy atom. The topological polar surface area (TPSA) is 114 Å². The van der Waals surface area contributed by atoms with Crippen LogP contribution < -0.4 is 16.0 Å². The number of fused-ring (bicyclic) bond motifs is 10. The summed E-state index contributed by atoms with van der Waals surface area (Å²) in [6.07, 6.45) is 6.32. The fourth-order valence-electron chi connectivity index (χ4n) is 8.26. The number of amides is 4. The quantitative estimate of drug-likeness (QED) is 0.433. The van der Waals surface area contributed by atoms with Crippen LogP contribution >= 0.6 is 0 Å². The number of halogens is 2. The van der Waals surface area contributed by atoms with Crippen LogP contribution in [0.3, 0.4) is 0 Å². The number of piperidine rings is 2. The van der Waals surface area contributed by atoms with E-state index in [1.54, 1.807) is 0 Å². The molecule has 1 aliphatic carbocycles. The highest BCUT2D eigenvalue weighted by Gasteiger charge is 2.44. The molecule has 3 N–H and O–H groups in total. The minimum Gasteiger partial charge on any atom is -0.356 e. The first-order valence-electron chi connectivity index (χ1n) is 17.8. The van der Waals surface area contributed by atoms with Crippen molar-refractivity contribution in [3.63, 3.8) is 0 Å². The summed E-state index contributed by atoms with van der Waals surface area (Å²) in [5.74, 6) is -2.71. The van der Waals surface area contributed by atoms with Gasteiger partial charge in [0.1, 0.15) is 0 Å². The SMILES string of the molecule is CC(C)(C)CC(=O)N1CCC2(CC1)CC(=O)NCCC[C@H](NC1CCC(F)(F)CC1)C(=O)N1CCC(CC1)N1CCC[C@H]1C(=O)N2. The van der Waals surface area contributed by atoms with Crippen molar-refractivity contribution in [3.05, 3.63) is 0 Å². The van der Waals surface area contributed by atoms with Gasteiger partial charge in [-0.25, -0.2) is 8.78 Å². The van der Waals surface area contributed by atoms with Gasteiger partial charge in [-0.2, -0.15) is 0 Å². The van der Waals surface area contributed by atoms with Crippen molar-refractivity contribution >= 4 is 23.6 Å². The molecule has 0 aromatic rings. The molecule has 6 aliphatic rings. The zero-order valence-corrected chi connectivity index (χ0v) is 28.2. The maximum atomic E-state index is 13.9. The predicted octanol–water partition coefficient (Wildman–Crippen LogP) is 3.19. The lowest BCUT2D eigenvalue weighted by Gasteiger charge is -2.44. The Morgan fingerprint density at radius 1 is 0.891 bits per heavy atom. The minimum atomic E-state index is -2.63. The van der Waals surface area contributed by atoms with Crippen molar-refractivity contribution in [2.45, 2.75) is 146 Å². The maximum Gasteiger partial charge on any atom is 0.248 e. The van der Waals surface area contributed by atoms with E-state index in [2.05, 4.69) is 20.9 Å². The number of nitrogens with one attached hydrogen (secondary N) is 3. The van der Waals surface area contributed by atoms with Crippen LogP contribution in [-0.4, -0.2) is 113 Å². The third-order valence-electron chi connectivity index (χ3n) is 10.9. The monoisotopic (exact) mass is 650 g/mol. The van der Waals surface area contributed by atoms with Crippen molar-refractivity contribution in [2.24, 2.45) is 5.41 Å². The Kier molecular flexibility index (Phi) is 11.0. The summed E-state index contributed by atoms with van der Waals surface area (Å²) in [7, 11) is 0. The number of carbonyl (C=O) groups is 4. The highest BCUT2D eigenvalue weighted by molar-refractivity contribution is 5.85.